The first-order chi connectivity index (χ1) is 9.58. The van der Waals surface area contributed by atoms with Gasteiger partial charge in [0.1, 0.15) is 0 Å². The standard InChI is InChI=1S/C15H15ClF2N2/c1-10(13-5-6-19-9-14(13)16)20-8-11-3-2-4-12(7-11)15(17)18/h2-7,9-10,15,20H,8H2,1H3. The number of halogens is 3. The molecular formula is C15H15ClF2N2. The number of aromatic nitrogens is 1. The lowest BCUT2D eigenvalue weighted by Crippen LogP contribution is -2.18. The molecule has 5 heteroatoms. The van der Waals surface area contributed by atoms with E-state index in [1.807, 2.05) is 19.1 Å². The highest BCUT2D eigenvalue weighted by molar-refractivity contribution is 6.31. The summed E-state index contributed by atoms with van der Waals surface area (Å²) in [6.45, 7) is 2.47. The van der Waals surface area contributed by atoms with Crippen molar-refractivity contribution >= 4 is 11.6 Å². The highest BCUT2D eigenvalue weighted by Gasteiger charge is 2.10. The summed E-state index contributed by atoms with van der Waals surface area (Å²) < 4.78 is 25.2. The van der Waals surface area contributed by atoms with Crippen molar-refractivity contribution in [1.29, 1.82) is 0 Å². The lowest BCUT2D eigenvalue weighted by molar-refractivity contribution is 0.151. The average Bonchev–Trinajstić information content (AvgIpc) is 2.45. The molecule has 1 aromatic heterocycles. The normalized spacial score (nSPS) is 12.7. The van der Waals surface area contributed by atoms with Crippen molar-refractivity contribution in [3.8, 4) is 0 Å². The van der Waals surface area contributed by atoms with Crippen LogP contribution in [-0.4, -0.2) is 4.98 Å². The zero-order valence-corrected chi connectivity index (χ0v) is 11.7. The van der Waals surface area contributed by atoms with E-state index in [0.717, 1.165) is 11.1 Å². The molecule has 0 amide bonds. The third-order valence-electron chi connectivity index (χ3n) is 3.09. The molecule has 20 heavy (non-hydrogen) atoms. The van der Waals surface area contributed by atoms with Gasteiger partial charge in [0.05, 0.1) is 5.02 Å². The molecule has 0 saturated heterocycles. The van der Waals surface area contributed by atoms with E-state index in [2.05, 4.69) is 10.3 Å². The molecular weight excluding hydrogens is 282 g/mol. The molecule has 2 aromatic rings. The van der Waals surface area contributed by atoms with Gasteiger partial charge in [-0.15, -0.1) is 0 Å². The molecule has 0 aliphatic heterocycles. The van der Waals surface area contributed by atoms with Gasteiger partial charge in [-0.25, -0.2) is 8.78 Å². The third-order valence-corrected chi connectivity index (χ3v) is 3.40. The van der Waals surface area contributed by atoms with Gasteiger partial charge in [-0.2, -0.15) is 0 Å². The smallest absolute Gasteiger partial charge is 0.263 e. The van der Waals surface area contributed by atoms with E-state index in [1.54, 1.807) is 18.5 Å². The molecule has 2 nitrogen and oxygen atoms in total. The van der Waals surface area contributed by atoms with E-state index in [4.69, 9.17) is 11.6 Å². The number of alkyl halides is 2. The molecule has 0 bridgehead atoms. The molecule has 1 heterocycles. The van der Waals surface area contributed by atoms with Crippen LogP contribution in [0.4, 0.5) is 8.78 Å². The predicted octanol–water partition coefficient (Wildman–Crippen LogP) is 4.52. The van der Waals surface area contributed by atoms with E-state index in [9.17, 15) is 8.78 Å². The maximum Gasteiger partial charge on any atom is 0.263 e. The molecule has 0 saturated carbocycles. The van der Waals surface area contributed by atoms with Crippen LogP contribution in [0.3, 0.4) is 0 Å². The Morgan fingerprint density at radius 1 is 1.30 bits per heavy atom. The van der Waals surface area contributed by atoms with Crippen LogP contribution in [0.15, 0.2) is 42.7 Å². The summed E-state index contributed by atoms with van der Waals surface area (Å²) >= 11 is 6.07. The Bertz CT molecular complexity index is 575. The number of nitrogens with zero attached hydrogens (tertiary/aromatic N) is 1. The Hall–Kier alpha value is -1.52. The molecule has 0 aliphatic rings. The minimum absolute atomic E-state index is 0.0145. The van der Waals surface area contributed by atoms with Crippen LogP contribution < -0.4 is 5.32 Å². The van der Waals surface area contributed by atoms with Gasteiger partial charge in [-0.1, -0.05) is 29.8 Å². The lowest BCUT2D eigenvalue weighted by atomic mass is 10.1. The first-order valence-corrected chi connectivity index (χ1v) is 6.65. The summed E-state index contributed by atoms with van der Waals surface area (Å²) in [5.41, 5.74) is 1.80. The van der Waals surface area contributed by atoms with Crippen LogP contribution in [0.5, 0.6) is 0 Å². The fraction of sp³-hybridized carbons (Fsp3) is 0.267. The van der Waals surface area contributed by atoms with E-state index < -0.39 is 6.43 Å². The third kappa shape index (κ3) is 3.74. The Morgan fingerprint density at radius 3 is 2.80 bits per heavy atom. The SMILES string of the molecule is CC(NCc1cccc(C(F)F)c1)c1ccncc1Cl. The predicted molar refractivity (Wildman–Crippen MR) is 75.9 cm³/mol. The Balaban J connectivity index is 2.02. The molecule has 0 radical (unpaired) electrons. The van der Waals surface area contributed by atoms with Crippen molar-refractivity contribution in [3.05, 3.63) is 64.4 Å². The quantitative estimate of drug-likeness (QED) is 0.877. The van der Waals surface area contributed by atoms with E-state index in [-0.39, 0.29) is 11.6 Å². The fourth-order valence-corrected chi connectivity index (χ4v) is 2.24. The van der Waals surface area contributed by atoms with Crippen LogP contribution in [0.1, 0.15) is 36.1 Å². The zero-order chi connectivity index (χ0) is 14.5. The second-order valence-corrected chi connectivity index (χ2v) is 4.95. The monoisotopic (exact) mass is 296 g/mol. The molecule has 1 atom stereocenters. The Labute approximate surface area is 121 Å². The van der Waals surface area contributed by atoms with Crippen LogP contribution in [0, 0.1) is 0 Å². The molecule has 0 spiro atoms. The average molecular weight is 297 g/mol. The minimum Gasteiger partial charge on any atom is -0.306 e. The molecule has 106 valence electrons. The molecule has 0 aliphatic carbocycles. The maximum absolute atomic E-state index is 12.6. The van der Waals surface area contributed by atoms with E-state index in [1.165, 1.54) is 12.1 Å². The van der Waals surface area contributed by atoms with Gasteiger partial charge in [0.25, 0.3) is 6.43 Å². The van der Waals surface area contributed by atoms with Crippen LogP contribution >= 0.6 is 11.6 Å². The van der Waals surface area contributed by atoms with E-state index >= 15 is 0 Å². The first-order valence-electron chi connectivity index (χ1n) is 6.27. The summed E-state index contributed by atoms with van der Waals surface area (Å²) in [6.07, 6.45) is 0.825. The second-order valence-electron chi connectivity index (χ2n) is 4.55. The highest BCUT2D eigenvalue weighted by Crippen LogP contribution is 2.22. The van der Waals surface area contributed by atoms with Gasteiger partial charge < -0.3 is 5.32 Å². The van der Waals surface area contributed by atoms with E-state index in [0.29, 0.717) is 11.6 Å². The second kappa shape index (κ2) is 6.77. The van der Waals surface area contributed by atoms with Crippen molar-refractivity contribution in [1.82, 2.24) is 10.3 Å². The van der Waals surface area contributed by atoms with Crippen LogP contribution in [-0.2, 0) is 6.54 Å². The number of benzene rings is 1. The lowest BCUT2D eigenvalue weighted by Gasteiger charge is -2.15. The molecule has 1 N–H and O–H groups in total. The molecule has 1 aromatic carbocycles. The Morgan fingerprint density at radius 2 is 2.10 bits per heavy atom. The zero-order valence-electron chi connectivity index (χ0n) is 11.0. The minimum atomic E-state index is -2.44. The number of rotatable bonds is 5. The summed E-state index contributed by atoms with van der Waals surface area (Å²) in [4.78, 5) is 3.93. The van der Waals surface area contributed by atoms with Gasteiger partial charge in [-0.3, -0.25) is 4.98 Å². The van der Waals surface area contributed by atoms with Crippen molar-refractivity contribution in [2.75, 3.05) is 0 Å². The number of pyridine rings is 1. The van der Waals surface area contributed by atoms with Crippen LogP contribution in [0.25, 0.3) is 0 Å². The van der Waals surface area contributed by atoms with Gasteiger partial charge >= 0.3 is 0 Å². The van der Waals surface area contributed by atoms with Crippen LogP contribution in [0.2, 0.25) is 5.02 Å². The first kappa shape index (κ1) is 14.9. The fourth-order valence-electron chi connectivity index (χ4n) is 1.96. The number of hydrogen-bond donors (Lipinski definition) is 1. The largest absolute Gasteiger partial charge is 0.306 e. The van der Waals surface area contributed by atoms with Gasteiger partial charge in [0, 0.05) is 30.5 Å². The van der Waals surface area contributed by atoms with Crippen molar-refractivity contribution in [3.63, 3.8) is 0 Å². The summed E-state index contributed by atoms with van der Waals surface area (Å²) in [5, 5.41) is 3.86. The highest BCUT2D eigenvalue weighted by atomic mass is 35.5. The van der Waals surface area contributed by atoms with Crippen molar-refractivity contribution in [2.24, 2.45) is 0 Å². The van der Waals surface area contributed by atoms with Crippen molar-refractivity contribution in [2.45, 2.75) is 25.9 Å². The molecule has 1 unspecified atom stereocenters. The van der Waals surface area contributed by atoms with Gasteiger partial charge in [-0.05, 0) is 30.2 Å². The summed E-state index contributed by atoms with van der Waals surface area (Å²) in [7, 11) is 0. The van der Waals surface area contributed by atoms with Gasteiger partial charge in [0.2, 0.25) is 0 Å². The summed E-state index contributed by atoms with van der Waals surface area (Å²) in [5.74, 6) is 0. The van der Waals surface area contributed by atoms with Gasteiger partial charge in [0.15, 0.2) is 0 Å². The molecule has 2 rings (SSSR count). The maximum atomic E-state index is 12.6. The number of hydrogen-bond acceptors (Lipinski definition) is 2. The summed E-state index contributed by atoms with van der Waals surface area (Å²) in [6, 6.07) is 8.26. The Kier molecular flexibility index (Phi) is 5.04. The van der Waals surface area contributed by atoms with Crippen molar-refractivity contribution < 1.29 is 8.78 Å². The molecule has 0 fully saturated rings. The number of nitrogens with one attached hydrogen (secondary N) is 1. The topological polar surface area (TPSA) is 24.9 Å².